The summed E-state index contributed by atoms with van der Waals surface area (Å²) in [6, 6.07) is 0.722. The summed E-state index contributed by atoms with van der Waals surface area (Å²) in [4.78, 5) is 11.2. The molecule has 104 valence electrons. The quantitative estimate of drug-likeness (QED) is 0.584. The summed E-state index contributed by atoms with van der Waals surface area (Å²) in [5.41, 5.74) is 0.627. The van der Waals surface area contributed by atoms with Crippen molar-refractivity contribution in [1.29, 1.82) is 0 Å². The lowest BCUT2D eigenvalue weighted by molar-refractivity contribution is -0.143. The lowest BCUT2D eigenvalue weighted by Gasteiger charge is -2.52. The predicted molar refractivity (Wildman–Crippen MR) is 72.4 cm³/mol. The fourth-order valence-corrected chi connectivity index (χ4v) is 3.61. The summed E-state index contributed by atoms with van der Waals surface area (Å²) < 4.78 is 4.93. The second-order valence-corrected chi connectivity index (χ2v) is 5.88. The molecule has 2 aliphatic carbocycles. The van der Waals surface area contributed by atoms with Crippen LogP contribution in [-0.2, 0) is 9.53 Å². The zero-order valence-corrected chi connectivity index (χ0v) is 11.7. The van der Waals surface area contributed by atoms with Crippen LogP contribution >= 0.6 is 0 Å². The second-order valence-electron chi connectivity index (χ2n) is 5.88. The van der Waals surface area contributed by atoms with E-state index in [-0.39, 0.29) is 5.97 Å². The highest BCUT2D eigenvalue weighted by Gasteiger charge is 2.46. The van der Waals surface area contributed by atoms with E-state index in [9.17, 15) is 4.79 Å². The van der Waals surface area contributed by atoms with Gasteiger partial charge in [0.15, 0.2) is 0 Å². The van der Waals surface area contributed by atoms with Crippen molar-refractivity contribution in [2.24, 2.45) is 5.41 Å². The van der Waals surface area contributed by atoms with Crippen molar-refractivity contribution in [3.05, 3.63) is 0 Å². The van der Waals surface area contributed by atoms with Gasteiger partial charge in [-0.2, -0.15) is 0 Å². The van der Waals surface area contributed by atoms with Crippen molar-refractivity contribution >= 4 is 5.97 Å². The minimum absolute atomic E-state index is 0.0553. The molecule has 2 fully saturated rings. The average Bonchev–Trinajstić information content (AvgIpc) is 2.38. The Balaban J connectivity index is 1.61. The number of esters is 1. The Bertz CT molecular complexity index is 272. The van der Waals surface area contributed by atoms with Crippen LogP contribution in [0.4, 0.5) is 0 Å². The zero-order chi connectivity index (χ0) is 12.8. The third kappa shape index (κ3) is 3.25. The first kappa shape index (κ1) is 13.9. The molecule has 18 heavy (non-hydrogen) atoms. The Labute approximate surface area is 111 Å². The number of ether oxygens (including phenoxy) is 1. The van der Waals surface area contributed by atoms with E-state index < -0.39 is 0 Å². The molecule has 0 radical (unpaired) electrons. The summed E-state index contributed by atoms with van der Waals surface area (Å²) in [6.07, 6.45) is 11.3. The van der Waals surface area contributed by atoms with Gasteiger partial charge in [0.25, 0.3) is 0 Å². The molecular formula is C15H27NO2. The summed E-state index contributed by atoms with van der Waals surface area (Å²) in [5, 5.41) is 3.67. The number of hydrogen-bond acceptors (Lipinski definition) is 3. The largest absolute Gasteiger partial charge is 0.466 e. The molecule has 2 aliphatic rings. The molecule has 3 nitrogen and oxygen atoms in total. The average molecular weight is 253 g/mol. The molecule has 0 amide bonds. The van der Waals surface area contributed by atoms with Gasteiger partial charge >= 0.3 is 5.97 Å². The maximum absolute atomic E-state index is 11.2. The molecule has 0 bridgehead atoms. The zero-order valence-electron chi connectivity index (χ0n) is 11.7. The molecule has 0 aromatic rings. The van der Waals surface area contributed by atoms with Gasteiger partial charge in [0.05, 0.1) is 6.61 Å². The summed E-state index contributed by atoms with van der Waals surface area (Å²) in [6.45, 7) is 3.32. The first-order valence-corrected chi connectivity index (χ1v) is 7.66. The minimum atomic E-state index is -0.0553. The fourth-order valence-electron chi connectivity index (χ4n) is 3.61. The van der Waals surface area contributed by atoms with Crippen LogP contribution in [0.25, 0.3) is 0 Å². The number of carbonyl (C=O) groups excluding carboxylic acids is 1. The van der Waals surface area contributed by atoms with Gasteiger partial charge in [-0.15, -0.1) is 0 Å². The van der Waals surface area contributed by atoms with Crippen LogP contribution in [0.1, 0.15) is 64.7 Å². The summed E-state index contributed by atoms with van der Waals surface area (Å²) in [7, 11) is 0. The Kier molecular flexibility index (Phi) is 5.04. The van der Waals surface area contributed by atoms with Crippen LogP contribution in [0.3, 0.4) is 0 Å². The number of hydrogen-bond donors (Lipinski definition) is 1. The smallest absolute Gasteiger partial charge is 0.305 e. The Morgan fingerprint density at radius 2 is 2.06 bits per heavy atom. The maximum atomic E-state index is 11.2. The van der Waals surface area contributed by atoms with Gasteiger partial charge in [-0.1, -0.05) is 19.3 Å². The molecule has 0 aromatic carbocycles. The van der Waals surface area contributed by atoms with Crippen LogP contribution in [0.15, 0.2) is 0 Å². The van der Waals surface area contributed by atoms with Crippen LogP contribution in [0.2, 0.25) is 0 Å². The highest BCUT2D eigenvalue weighted by atomic mass is 16.5. The van der Waals surface area contributed by atoms with Crippen molar-refractivity contribution in [2.75, 3.05) is 13.2 Å². The second kappa shape index (κ2) is 6.55. The van der Waals surface area contributed by atoms with Gasteiger partial charge in [-0.05, 0) is 51.0 Å². The molecular weight excluding hydrogens is 226 g/mol. The lowest BCUT2D eigenvalue weighted by atomic mass is 9.57. The fraction of sp³-hybridized carbons (Fsp3) is 0.933. The van der Waals surface area contributed by atoms with E-state index >= 15 is 0 Å². The van der Waals surface area contributed by atoms with E-state index in [1.807, 2.05) is 6.92 Å². The molecule has 1 unspecified atom stereocenters. The number of rotatable bonds is 6. The van der Waals surface area contributed by atoms with Gasteiger partial charge in [0.1, 0.15) is 0 Å². The first-order chi connectivity index (χ1) is 8.77. The molecule has 2 rings (SSSR count). The maximum Gasteiger partial charge on any atom is 0.305 e. The first-order valence-electron chi connectivity index (χ1n) is 7.66. The normalized spacial score (nSPS) is 25.7. The standard InChI is InChI=1S/C15H27NO2/c1-2-18-14(17)7-6-12-16-13-8-11-15(13)9-4-3-5-10-15/h13,16H,2-12H2,1H3. The van der Waals surface area contributed by atoms with Crippen molar-refractivity contribution in [2.45, 2.75) is 70.8 Å². The number of nitrogens with one attached hydrogen (secondary N) is 1. The Morgan fingerprint density at radius 1 is 1.28 bits per heavy atom. The van der Waals surface area contributed by atoms with Gasteiger partial charge in [-0.3, -0.25) is 4.79 Å². The molecule has 1 spiro atoms. The van der Waals surface area contributed by atoms with Crippen LogP contribution in [-0.4, -0.2) is 25.2 Å². The van der Waals surface area contributed by atoms with Crippen LogP contribution in [0, 0.1) is 5.41 Å². The third-order valence-corrected chi connectivity index (χ3v) is 4.77. The van der Waals surface area contributed by atoms with E-state index in [2.05, 4.69) is 5.32 Å². The summed E-state index contributed by atoms with van der Waals surface area (Å²) >= 11 is 0. The molecule has 0 heterocycles. The van der Waals surface area contributed by atoms with E-state index in [0.717, 1.165) is 19.0 Å². The number of carbonyl (C=O) groups is 1. The molecule has 0 aliphatic heterocycles. The SMILES string of the molecule is CCOC(=O)CCCNC1CCC12CCCCC2. The topological polar surface area (TPSA) is 38.3 Å². The van der Waals surface area contributed by atoms with Crippen molar-refractivity contribution < 1.29 is 9.53 Å². The van der Waals surface area contributed by atoms with Gasteiger partial charge in [-0.25, -0.2) is 0 Å². The van der Waals surface area contributed by atoms with E-state index in [4.69, 9.17) is 4.74 Å². The molecule has 2 saturated carbocycles. The monoisotopic (exact) mass is 253 g/mol. The third-order valence-electron chi connectivity index (χ3n) is 4.77. The van der Waals surface area contributed by atoms with Crippen LogP contribution in [0.5, 0.6) is 0 Å². The molecule has 0 aromatic heterocycles. The van der Waals surface area contributed by atoms with Crippen molar-refractivity contribution in [3.8, 4) is 0 Å². The highest BCUT2D eigenvalue weighted by Crippen LogP contribution is 2.51. The van der Waals surface area contributed by atoms with Crippen molar-refractivity contribution in [3.63, 3.8) is 0 Å². The molecule has 1 N–H and O–H groups in total. The van der Waals surface area contributed by atoms with Crippen molar-refractivity contribution in [1.82, 2.24) is 5.32 Å². The van der Waals surface area contributed by atoms with Gasteiger partial charge < -0.3 is 10.1 Å². The molecule has 0 saturated heterocycles. The predicted octanol–water partition coefficient (Wildman–Crippen LogP) is 3.03. The lowest BCUT2D eigenvalue weighted by Crippen LogP contribution is -2.54. The highest BCUT2D eigenvalue weighted by molar-refractivity contribution is 5.69. The van der Waals surface area contributed by atoms with Gasteiger partial charge in [0.2, 0.25) is 0 Å². The Morgan fingerprint density at radius 3 is 2.67 bits per heavy atom. The summed E-state index contributed by atoms with van der Waals surface area (Å²) in [5.74, 6) is -0.0553. The van der Waals surface area contributed by atoms with E-state index in [1.54, 1.807) is 0 Å². The Hall–Kier alpha value is -0.570. The van der Waals surface area contributed by atoms with Gasteiger partial charge in [0, 0.05) is 12.5 Å². The van der Waals surface area contributed by atoms with E-state index in [1.165, 1.54) is 44.9 Å². The van der Waals surface area contributed by atoms with E-state index in [0.29, 0.717) is 18.4 Å². The molecule has 3 heteroatoms. The molecule has 1 atom stereocenters. The minimum Gasteiger partial charge on any atom is -0.466 e. The van der Waals surface area contributed by atoms with Crippen LogP contribution < -0.4 is 5.32 Å².